The number of hydrogen-bond donors (Lipinski definition) is 1. The largest absolute Gasteiger partial charge is 0.416 e. The van der Waals surface area contributed by atoms with Crippen LogP contribution in [0.15, 0.2) is 36.7 Å². The van der Waals surface area contributed by atoms with Gasteiger partial charge >= 0.3 is 6.18 Å². The number of aromatic nitrogens is 2. The van der Waals surface area contributed by atoms with Gasteiger partial charge in [0.25, 0.3) is 0 Å². The Bertz CT molecular complexity index is 611. The van der Waals surface area contributed by atoms with E-state index in [4.69, 9.17) is 0 Å². The lowest BCUT2D eigenvalue weighted by molar-refractivity contribution is -0.137. The molecule has 0 aliphatic rings. The third-order valence-corrected chi connectivity index (χ3v) is 2.84. The maximum atomic E-state index is 12.6. The van der Waals surface area contributed by atoms with Gasteiger partial charge in [0.05, 0.1) is 5.56 Å². The van der Waals surface area contributed by atoms with Crippen molar-refractivity contribution in [3.63, 3.8) is 0 Å². The quantitative estimate of drug-likeness (QED) is 0.941. The Labute approximate surface area is 120 Å². The topological polar surface area (TPSA) is 41.0 Å². The third-order valence-electron chi connectivity index (χ3n) is 2.84. The highest BCUT2D eigenvalue weighted by atomic mass is 19.4. The van der Waals surface area contributed by atoms with E-state index in [9.17, 15) is 13.2 Å². The van der Waals surface area contributed by atoms with Crippen molar-refractivity contribution in [3.8, 4) is 0 Å². The van der Waals surface area contributed by atoms with Crippen molar-refractivity contribution in [1.29, 1.82) is 0 Å². The molecule has 0 aliphatic heterocycles. The molecular formula is C14H15F3N4. The predicted octanol–water partition coefficient (Wildman–Crippen LogP) is 3.17. The van der Waals surface area contributed by atoms with Crippen molar-refractivity contribution in [2.45, 2.75) is 12.7 Å². The summed E-state index contributed by atoms with van der Waals surface area (Å²) in [7, 11) is 3.69. The Morgan fingerprint density at radius 3 is 2.57 bits per heavy atom. The van der Waals surface area contributed by atoms with Crippen molar-refractivity contribution >= 4 is 11.6 Å². The average molecular weight is 296 g/mol. The number of nitrogens with one attached hydrogen (secondary N) is 1. The van der Waals surface area contributed by atoms with Crippen LogP contribution in [0.5, 0.6) is 0 Å². The zero-order chi connectivity index (χ0) is 15.5. The number of hydrogen-bond acceptors (Lipinski definition) is 4. The molecule has 2 aromatic rings. The maximum Gasteiger partial charge on any atom is 0.416 e. The molecule has 1 N–H and O–H groups in total. The van der Waals surface area contributed by atoms with E-state index in [-0.39, 0.29) is 6.54 Å². The van der Waals surface area contributed by atoms with Crippen LogP contribution in [0.3, 0.4) is 0 Å². The molecule has 1 aromatic heterocycles. The summed E-state index contributed by atoms with van der Waals surface area (Å²) >= 11 is 0. The summed E-state index contributed by atoms with van der Waals surface area (Å²) in [5, 5.41) is 2.99. The van der Waals surface area contributed by atoms with Gasteiger partial charge in [0, 0.05) is 26.7 Å². The van der Waals surface area contributed by atoms with Crippen LogP contribution in [0.25, 0.3) is 0 Å². The number of alkyl halides is 3. The summed E-state index contributed by atoms with van der Waals surface area (Å²) < 4.78 is 37.9. The molecule has 4 nitrogen and oxygen atoms in total. The van der Waals surface area contributed by atoms with E-state index < -0.39 is 11.7 Å². The monoisotopic (exact) mass is 296 g/mol. The number of rotatable bonds is 4. The fourth-order valence-electron chi connectivity index (χ4n) is 1.74. The minimum absolute atomic E-state index is 0.258. The first-order valence-corrected chi connectivity index (χ1v) is 6.25. The highest BCUT2D eigenvalue weighted by Crippen LogP contribution is 2.29. The molecule has 0 saturated heterocycles. The van der Waals surface area contributed by atoms with E-state index in [0.29, 0.717) is 11.4 Å². The van der Waals surface area contributed by atoms with Crippen LogP contribution in [-0.4, -0.2) is 24.1 Å². The summed E-state index contributed by atoms with van der Waals surface area (Å²) in [5.41, 5.74) is -0.117. The fraction of sp³-hybridized carbons (Fsp3) is 0.286. The van der Waals surface area contributed by atoms with Gasteiger partial charge in [0.2, 0.25) is 0 Å². The number of benzene rings is 1. The minimum Gasteiger partial charge on any atom is -0.366 e. The lowest BCUT2D eigenvalue weighted by Crippen LogP contribution is -2.12. The van der Waals surface area contributed by atoms with E-state index >= 15 is 0 Å². The first kappa shape index (κ1) is 15.1. The normalized spacial score (nSPS) is 11.3. The molecule has 0 aliphatic carbocycles. The molecule has 112 valence electrons. The summed E-state index contributed by atoms with van der Waals surface area (Å²) in [5.74, 6) is 1.28. The molecular weight excluding hydrogens is 281 g/mol. The van der Waals surface area contributed by atoms with Crippen LogP contribution < -0.4 is 10.2 Å². The van der Waals surface area contributed by atoms with Gasteiger partial charge in [-0.2, -0.15) is 13.2 Å². The molecule has 2 rings (SSSR count). The molecule has 0 fully saturated rings. The van der Waals surface area contributed by atoms with Crippen molar-refractivity contribution in [2.75, 3.05) is 24.3 Å². The lowest BCUT2D eigenvalue weighted by Gasteiger charge is -2.13. The lowest BCUT2D eigenvalue weighted by atomic mass is 10.1. The van der Waals surface area contributed by atoms with E-state index in [1.165, 1.54) is 12.4 Å². The Kier molecular flexibility index (Phi) is 4.30. The second kappa shape index (κ2) is 5.99. The Morgan fingerprint density at radius 1 is 1.14 bits per heavy atom. The zero-order valence-corrected chi connectivity index (χ0v) is 11.6. The van der Waals surface area contributed by atoms with Crippen LogP contribution in [0.1, 0.15) is 11.1 Å². The molecule has 0 radical (unpaired) electrons. The van der Waals surface area contributed by atoms with Crippen LogP contribution in [0, 0.1) is 0 Å². The molecule has 0 unspecified atom stereocenters. The minimum atomic E-state index is -4.33. The van der Waals surface area contributed by atoms with Gasteiger partial charge in [0.15, 0.2) is 0 Å². The van der Waals surface area contributed by atoms with E-state index in [0.717, 1.165) is 18.0 Å². The zero-order valence-electron chi connectivity index (χ0n) is 11.6. The van der Waals surface area contributed by atoms with Gasteiger partial charge in [-0.05, 0) is 17.7 Å². The molecule has 1 heterocycles. The second-order valence-corrected chi connectivity index (χ2v) is 4.71. The number of halogens is 3. The van der Waals surface area contributed by atoms with Crippen LogP contribution in [-0.2, 0) is 12.7 Å². The molecule has 1 aromatic carbocycles. The maximum absolute atomic E-state index is 12.6. The van der Waals surface area contributed by atoms with Gasteiger partial charge in [0.1, 0.15) is 18.0 Å². The van der Waals surface area contributed by atoms with Gasteiger partial charge in [-0.15, -0.1) is 0 Å². The Hall–Kier alpha value is -2.31. The molecule has 0 atom stereocenters. The van der Waals surface area contributed by atoms with E-state index in [1.807, 2.05) is 19.0 Å². The fourth-order valence-corrected chi connectivity index (χ4v) is 1.74. The van der Waals surface area contributed by atoms with Gasteiger partial charge < -0.3 is 10.2 Å². The summed E-state index contributed by atoms with van der Waals surface area (Å²) in [6, 6.07) is 6.94. The van der Waals surface area contributed by atoms with Gasteiger partial charge in [-0.1, -0.05) is 12.1 Å². The van der Waals surface area contributed by atoms with Crippen LogP contribution >= 0.6 is 0 Å². The molecule has 7 heteroatoms. The van der Waals surface area contributed by atoms with Crippen molar-refractivity contribution in [2.24, 2.45) is 0 Å². The first-order valence-electron chi connectivity index (χ1n) is 6.25. The van der Waals surface area contributed by atoms with Crippen LogP contribution in [0.2, 0.25) is 0 Å². The molecule has 0 bridgehead atoms. The van der Waals surface area contributed by atoms with Crippen molar-refractivity contribution < 1.29 is 13.2 Å². The summed E-state index contributed by atoms with van der Waals surface area (Å²) in [6.45, 7) is 0.258. The highest BCUT2D eigenvalue weighted by Gasteiger charge is 2.30. The molecule has 0 saturated carbocycles. The van der Waals surface area contributed by atoms with E-state index in [2.05, 4.69) is 15.3 Å². The van der Waals surface area contributed by atoms with Crippen molar-refractivity contribution in [1.82, 2.24) is 9.97 Å². The second-order valence-electron chi connectivity index (χ2n) is 4.71. The first-order chi connectivity index (χ1) is 9.86. The summed E-state index contributed by atoms with van der Waals surface area (Å²) in [4.78, 5) is 9.92. The van der Waals surface area contributed by atoms with E-state index in [1.54, 1.807) is 12.1 Å². The molecule has 0 spiro atoms. The average Bonchev–Trinajstić information content (AvgIpc) is 2.45. The van der Waals surface area contributed by atoms with Gasteiger partial charge in [-0.25, -0.2) is 9.97 Å². The molecule has 21 heavy (non-hydrogen) atoms. The third kappa shape index (κ3) is 4.08. The smallest absolute Gasteiger partial charge is 0.366 e. The number of nitrogens with zero attached hydrogens (tertiary/aromatic N) is 3. The standard InChI is InChI=1S/C14H15F3N4/c1-21(2)13-7-12(19-9-20-13)18-8-10-4-3-5-11(6-10)14(15,16)17/h3-7,9H,8H2,1-2H3,(H,18,19,20). The van der Waals surface area contributed by atoms with Crippen molar-refractivity contribution in [3.05, 3.63) is 47.8 Å². The van der Waals surface area contributed by atoms with Crippen LogP contribution in [0.4, 0.5) is 24.8 Å². The Balaban J connectivity index is 2.08. The highest BCUT2D eigenvalue weighted by molar-refractivity contribution is 5.47. The van der Waals surface area contributed by atoms with Gasteiger partial charge in [-0.3, -0.25) is 0 Å². The predicted molar refractivity (Wildman–Crippen MR) is 75.1 cm³/mol. The number of anilines is 2. The Morgan fingerprint density at radius 2 is 1.90 bits per heavy atom. The molecule has 0 amide bonds. The summed E-state index contributed by atoms with van der Waals surface area (Å²) in [6.07, 6.45) is -2.92. The SMILES string of the molecule is CN(C)c1cc(NCc2cccc(C(F)(F)F)c2)ncn1.